The monoisotopic (exact) mass is 261 g/mol. The van der Waals surface area contributed by atoms with Crippen molar-refractivity contribution in [2.75, 3.05) is 6.54 Å². The summed E-state index contributed by atoms with van der Waals surface area (Å²) in [5.41, 5.74) is 0. The van der Waals surface area contributed by atoms with Crippen LogP contribution in [0.5, 0.6) is 0 Å². The van der Waals surface area contributed by atoms with Gasteiger partial charge in [-0.3, -0.25) is 0 Å². The molecular weight excluding hydrogens is 254 g/mol. The second-order valence-electron chi connectivity index (χ2n) is 2.84. The lowest BCUT2D eigenvalue weighted by Gasteiger charge is -2.04. The van der Waals surface area contributed by atoms with E-state index in [2.05, 4.69) is 21.2 Å². The molecule has 13 heavy (non-hydrogen) atoms. The SMILES string of the molecule is Cc1cc(Br)c(C2CNC(=O)O2)s1. The van der Waals surface area contributed by atoms with Crippen molar-refractivity contribution in [1.29, 1.82) is 0 Å². The smallest absolute Gasteiger partial charge is 0.407 e. The molecule has 1 unspecified atom stereocenters. The molecule has 1 fully saturated rings. The quantitative estimate of drug-likeness (QED) is 0.844. The fraction of sp³-hybridized carbons (Fsp3) is 0.375. The first-order valence-corrected chi connectivity index (χ1v) is 5.48. The summed E-state index contributed by atoms with van der Waals surface area (Å²) >= 11 is 5.09. The van der Waals surface area contributed by atoms with Gasteiger partial charge in [-0.1, -0.05) is 0 Å². The summed E-state index contributed by atoms with van der Waals surface area (Å²) in [6, 6.07) is 2.03. The van der Waals surface area contributed by atoms with Gasteiger partial charge in [0, 0.05) is 9.35 Å². The Balaban J connectivity index is 2.25. The van der Waals surface area contributed by atoms with Gasteiger partial charge in [-0.05, 0) is 28.9 Å². The number of thiophene rings is 1. The summed E-state index contributed by atoms with van der Waals surface area (Å²) in [5, 5.41) is 2.63. The highest BCUT2D eigenvalue weighted by Gasteiger charge is 2.27. The maximum absolute atomic E-state index is 10.8. The Morgan fingerprint density at radius 1 is 1.77 bits per heavy atom. The Bertz CT molecular complexity index is 350. The molecule has 1 aliphatic rings. The van der Waals surface area contributed by atoms with Crippen LogP contribution in [-0.2, 0) is 4.74 Å². The first kappa shape index (κ1) is 9.02. The molecule has 1 aliphatic heterocycles. The van der Waals surface area contributed by atoms with Crippen LogP contribution in [0.25, 0.3) is 0 Å². The summed E-state index contributed by atoms with van der Waals surface area (Å²) < 4.78 is 6.10. The van der Waals surface area contributed by atoms with Crippen LogP contribution in [0.1, 0.15) is 15.9 Å². The average Bonchev–Trinajstić information content (AvgIpc) is 2.58. The maximum Gasteiger partial charge on any atom is 0.407 e. The molecule has 1 amide bonds. The molecule has 1 N–H and O–H groups in total. The number of hydrogen-bond acceptors (Lipinski definition) is 3. The van der Waals surface area contributed by atoms with Gasteiger partial charge >= 0.3 is 6.09 Å². The third-order valence-electron chi connectivity index (χ3n) is 1.81. The van der Waals surface area contributed by atoms with Gasteiger partial charge in [0.15, 0.2) is 6.10 Å². The van der Waals surface area contributed by atoms with E-state index in [1.807, 2.05) is 13.0 Å². The molecule has 0 radical (unpaired) electrons. The van der Waals surface area contributed by atoms with Gasteiger partial charge in [-0.2, -0.15) is 0 Å². The second-order valence-corrected chi connectivity index (χ2v) is 4.99. The molecule has 0 aliphatic carbocycles. The predicted molar refractivity (Wildman–Crippen MR) is 54.0 cm³/mol. The topological polar surface area (TPSA) is 38.3 Å². The van der Waals surface area contributed by atoms with E-state index in [-0.39, 0.29) is 12.2 Å². The van der Waals surface area contributed by atoms with Crippen molar-refractivity contribution in [3.8, 4) is 0 Å². The van der Waals surface area contributed by atoms with E-state index in [1.54, 1.807) is 11.3 Å². The number of hydrogen-bond donors (Lipinski definition) is 1. The minimum Gasteiger partial charge on any atom is -0.439 e. The van der Waals surface area contributed by atoms with Crippen LogP contribution in [0.4, 0.5) is 4.79 Å². The number of aryl methyl sites for hydroxylation is 1. The van der Waals surface area contributed by atoms with Crippen molar-refractivity contribution in [2.45, 2.75) is 13.0 Å². The van der Waals surface area contributed by atoms with Crippen LogP contribution < -0.4 is 5.32 Å². The highest BCUT2D eigenvalue weighted by atomic mass is 79.9. The Hall–Kier alpha value is -0.550. The molecule has 1 atom stereocenters. The highest BCUT2D eigenvalue weighted by molar-refractivity contribution is 9.10. The Morgan fingerprint density at radius 3 is 3.00 bits per heavy atom. The van der Waals surface area contributed by atoms with E-state index in [0.717, 1.165) is 9.35 Å². The molecule has 1 aromatic heterocycles. The summed E-state index contributed by atoms with van der Waals surface area (Å²) in [6.07, 6.45) is -0.455. The van der Waals surface area contributed by atoms with Crippen molar-refractivity contribution in [3.63, 3.8) is 0 Å². The number of cyclic esters (lactones) is 1. The Labute approximate surface area is 88.2 Å². The van der Waals surface area contributed by atoms with Gasteiger partial charge in [0.1, 0.15) is 0 Å². The van der Waals surface area contributed by atoms with Crippen LogP contribution in [0.15, 0.2) is 10.5 Å². The van der Waals surface area contributed by atoms with Gasteiger partial charge in [0.05, 0.1) is 11.4 Å². The van der Waals surface area contributed by atoms with Crippen molar-refractivity contribution < 1.29 is 9.53 Å². The zero-order valence-corrected chi connectivity index (χ0v) is 9.37. The number of nitrogens with one attached hydrogen (secondary N) is 1. The van der Waals surface area contributed by atoms with Crippen LogP contribution >= 0.6 is 27.3 Å². The zero-order valence-electron chi connectivity index (χ0n) is 6.96. The van der Waals surface area contributed by atoms with E-state index in [0.29, 0.717) is 6.54 Å². The van der Waals surface area contributed by atoms with Crippen LogP contribution in [0.3, 0.4) is 0 Å². The molecule has 1 aromatic rings. The normalized spacial score (nSPS) is 21.4. The molecule has 0 spiro atoms. The first-order valence-electron chi connectivity index (χ1n) is 3.87. The van der Waals surface area contributed by atoms with Crippen molar-refractivity contribution >= 4 is 33.4 Å². The Morgan fingerprint density at radius 2 is 2.54 bits per heavy atom. The second kappa shape index (κ2) is 3.31. The number of rotatable bonds is 1. The van der Waals surface area contributed by atoms with Crippen LogP contribution in [0, 0.1) is 6.92 Å². The lowest BCUT2D eigenvalue weighted by Crippen LogP contribution is -2.12. The maximum atomic E-state index is 10.8. The molecule has 1 saturated heterocycles. The summed E-state index contributed by atoms with van der Waals surface area (Å²) in [5.74, 6) is 0. The fourth-order valence-electron chi connectivity index (χ4n) is 1.26. The lowest BCUT2D eigenvalue weighted by molar-refractivity contribution is 0.142. The van der Waals surface area contributed by atoms with Crippen molar-refractivity contribution in [1.82, 2.24) is 5.32 Å². The summed E-state index contributed by atoms with van der Waals surface area (Å²) in [6.45, 7) is 2.60. The van der Waals surface area contributed by atoms with Gasteiger partial charge in [0.25, 0.3) is 0 Å². The van der Waals surface area contributed by atoms with Crippen molar-refractivity contribution in [3.05, 3.63) is 20.3 Å². The van der Waals surface area contributed by atoms with E-state index < -0.39 is 0 Å². The number of carbonyl (C=O) groups is 1. The third kappa shape index (κ3) is 1.71. The number of ether oxygens (including phenoxy) is 1. The minimum atomic E-state index is -0.331. The lowest BCUT2D eigenvalue weighted by atomic mass is 10.3. The van der Waals surface area contributed by atoms with Crippen LogP contribution in [0.2, 0.25) is 0 Å². The number of amides is 1. The summed E-state index contributed by atoms with van der Waals surface area (Å²) in [7, 11) is 0. The zero-order chi connectivity index (χ0) is 9.42. The van der Waals surface area contributed by atoms with Gasteiger partial charge in [-0.25, -0.2) is 4.79 Å². The number of halogens is 1. The fourth-order valence-corrected chi connectivity index (χ4v) is 3.19. The number of alkyl carbamates (subject to hydrolysis) is 1. The largest absolute Gasteiger partial charge is 0.439 e. The van der Waals surface area contributed by atoms with Crippen molar-refractivity contribution in [2.24, 2.45) is 0 Å². The molecule has 0 aromatic carbocycles. The Kier molecular flexibility index (Phi) is 2.29. The highest BCUT2D eigenvalue weighted by Crippen LogP contribution is 2.35. The van der Waals surface area contributed by atoms with Crippen LogP contribution in [-0.4, -0.2) is 12.6 Å². The molecule has 2 heterocycles. The molecule has 0 bridgehead atoms. The van der Waals surface area contributed by atoms with E-state index in [9.17, 15) is 4.79 Å². The van der Waals surface area contributed by atoms with E-state index in [4.69, 9.17) is 4.74 Å². The standard InChI is InChI=1S/C8H8BrNO2S/c1-4-2-5(9)7(13-4)6-3-10-8(11)12-6/h2,6H,3H2,1H3,(H,10,11). The van der Waals surface area contributed by atoms with E-state index in [1.165, 1.54) is 4.88 Å². The molecule has 2 rings (SSSR count). The summed E-state index contributed by atoms with van der Waals surface area (Å²) in [4.78, 5) is 13.1. The predicted octanol–water partition coefficient (Wildman–Crippen LogP) is 2.60. The van der Waals surface area contributed by atoms with Gasteiger partial charge in [0.2, 0.25) is 0 Å². The molecule has 5 heteroatoms. The van der Waals surface area contributed by atoms with Gasteiger partial charge < -0.3 is 10.1 Å². The minimum absolute atomic E-state index is 0.124. The third-order valence-corrected chi connectivity index (χ3v) is 3.87. The average molecular weight is 262 g/mol. The molecule has 3 nitrogen and oxygen atoms in total. The molecule has 0 saturated carbocycles. The molecule has 70 valence electrons. The van der Waals surface area contributed by atoms with E-state index >= 15 is 0 Å². The molecular formula is C8H8BrNO2S. The number of carbonyl (C=O) groups excluding carboxylic acids is 1. The first-order chi connectivity index (χ1) is 6.16. The van der Waals surface area contributed by atoms with Gasteiger partial charge in [-0.15, -0.1) is 11.3 Å².